The lowest BCUT2D eigenvalue weighted by molar-refractivity contribution is 0.0997. The number of primary amides is 1. The summed E-state index contributed by atoms with van der Waals surface area (Å²) in [4.78, 5) is 33.7. The van der Waals surface area contributed by atoms with Crippen molar-refractivity contribution >= 4 is 39.6 Å². The van der Waals surface area contributed by atoms with Crippen molar-refractivity contribution < 1.29 is 4.79 Å². The molecule has 0 bridgehead atoms. The van der Waals surface area contributed by atoms with Crippen LogP contribution in [-0.2, 0) is 0 Å². The first-order valence-corrected chi connectivity index (χ1v) is 7.74. The zero-order chi connectivity index (χ0) is 18.4. The molecule has 0 unspecified atom stereocenters. The fourth-order valence-electron chi connectivity index (χ4n) is 3.10. The highest BCUT2D eigenvalue weighted by molar-refractivity contribution is 6.20. The summed E-state index contributed by atoms with van der Waals surface area (Å²) in [5, 5.41) is 9.03. The molecule has 0 spiro atoms. The van der Waals surface area contributed by atoms with Gasteiger partial charge in [-0.2, -0.15) is 0 Å². The lowest BCUT2D eigenvalue weighted by atomic mass is 10.0. The molecule has 0 fully saturated rings. The number of carbonyl (C=O) groups is 1. The number of carbonyl (C=O) groups excluding carboxylic acids is 1. The third-order valence-electron chi connectivity index (χ3n) is 4.25. The molecule has 0 saturated heterocycles. The molecule has 4 rings (SSSR count). The number of anilines is 1. The minimum atomic E-state index is -0.703. The standard InChI is InChI=1S/C18H14N6O2/c19-7-9-10(20)4-5-12-15(9)8-6-13(11-2-1-3-14(25)22-11)24-17(18(21)26)16(8)23-12/h1-7,19,23H,20H2,(H2,21,26)(H,22,25). The van der Waals surface area contributed by atoms with Crippen molar-refractivity contribution in [2.45, 2.75) is 0 Å². The van der Waals surface area contributed by atoms with E-state index in [1.54, 1.807) is 30.3 Å². The smallest absolute Gasteiger partial charge is 0.269 e. The Morgan fingerprint density at radius 1 is 1.19 bits per heavy atom. The maximum Gasteiger partial charge on any atom is 0.269 e. The first-order valence-electron chi connectivity index (χ1n) is 7.74. The lowest BCUT2D eigenvalue weighted by Crippen LogP contribution is -2.14. The number of benzene rings is 1. The molecule has 0 radical (unpaired) electrons. The summed E-state index contributed by atoms with van der Waals surface area (Å²) >= 11 is 0. The van der Waals surface area contributed by atoms with Crippen LogP contribution in [0.4, 0.5) is 5.69 Å². The molecular weight excluding hydrogens is 332 g/mol. The van der Waals surface area contributed by atoms with Crippen molar-refractivity contribution in [1.82, 2.24) is 15.0 Å². The Morgan fingerprint density at radius 3 is 2.69 bits per heavy atom. The van der Waals surface area contributed by atoms with Gasteiger partial charge in [-0.3, -0.25) is 9.59 Å². The molecule has 0 saturated carbocycles. The van der Waals surface area contributed by atoms with Crippen LogP contribution in [0.3, 0.4) is 0 Å². The number of rotatable bonds is 3. The molecule has 0 aliphatic carbocycles. The number of H-pyrrole nitrogens is 2. The van der Waals surface area contributed by atoms with Crippen molar-refractivity contribution in [3.05, 3.63) is 58.0 Å². The molecule has 0 atom stereocenters. The maximum absolute atomic E-state index is 12.0. The van der Waals surface area contributed by atoms with Crippen LogP contribution in [0.1, 0.15) is 16.1 Å². The number of aromatic amines is 2. The van der Waals surface area contributed by atoms with Gasteiger partial charge in [0.25, 0.3) is 5.91 Å². The zero-order valence-electron chi connectivity index (χ0n) is 13.5. The van der Waals surface area contributed by atoms with Crippen molar-refractivity contribution in [2.24, 2.45) is 5.73 Å². The van der Waals surface area contributed by atoms with Crippen LogP contribution in [0.5, 0.6) is 0 Å². The minimum absolute atomic E-state index is 0.0490. The highest BCUT2D eigenvalue weighted by Gasteiger charge is 2.18. The topological polar surface area (TPSA) is 154 Å². The number of amides is 1. The van der Waals surface area contributed by atoms with E-state index >= 15 is 0 Å². The van der Waals surface area contributed by atoms with E-state index in [0.717, 1.165) is 0 Å². The number of nitrogens with zero attached hydrogens (tertiary/aromatic N) is 1. The van der Waals surface area contributed by atoms with E-state index in [1.165, 1.54) is 12.3 Å². The second kappa shape index (κ2) is 5.55. The number of hydrogen-bond acceptors (Lipinski definition) is 5. The molecule has 0 aliphatic rings. The summed E-state index contributed by atoms with van der Waals surface area (Å²) < 4.78 is 0. The second-order valence-electron chi connectivity index (χ2n) is 5.83. The number of hydrogen-bond donors (Lipinski definition) is 5. The number of fused-ring (bicyclic) bond motifs is 3. The molecular formula is C18H14N6O2. The Kier molecular flexibility index (Phi) is 3.33. The quantitative estimate of drug-likeness (QED) is 0.283. The van der Waals surface area contributed by atoms with Gasteiger partial charge in [0.05, 0.1) is 16.9 Å². The van der Waals surface area contributed by atoms with Gasteiger partial charge in [-0.15, -0.1) is 0 Å². The van der Waals surface area contributed by atoms with Gasteiger partial charge >= 0.3 is 0 Å². The van der Waals surface area contributed by atoms with E-state index in [-0.39, 0.29) is 11.3 Å². The fraction of sp³-hybridized carbons (Fsp3) is 0. The molecule has 128 valence electrons. The molecule has 26 heavy (non-hydrogen) atoms. The minimum Gasteiger partial charge on any atom is -0.398 e. The Balaban J connectivity index is 2.18. The molecule has 8 nitrogen and oxygen atoms in total. The maximum atomic E-state index is 12.0. The lowest BCUT2D eigenvalue weighted by Gasteiger charge is -2.06. The van der Waals surface area contributed by atoms with E-state index in [0.29, 0.717) is 44.4 Å². The summed E-state index contributed by atoms with van der Waals surface area (Å²) in [6.45, 7) is 0. The van der Waals surface area contributed by atoms with Crippen molar-refractivity contribution in [3.63, 3.8) is 0 Å². The van der Waals surface area contributed by atoms with Crippen molar-refractivity contribution in [2.75, 3.05) is 5.73 Å². The number of aromatic nitrogens is 3. The van der Waals surface area contributed by atoms with Crippen LogP contribution in [0, 0.1) is 5.41 Å². The summed E-state index contributed by atoms with van der Waals surface area (Å²) in [5.41, 5.74) is 14.3. The van der Waals surface area contributed by atoms with Crippen LogP contribution < -0.4 is 17.0 Å². The second-order valence-corrected chi connectivity index (χ2v) is 5.83. The Morgan fingerprint density at radius 2 is 2.00 bits per heavy atom. The van der Waals surface area contributed by atoms with E-state index < -0.39 is 5.91 Å². The SMILES string of the molecule is N=Cc1c(N)ccc2[nH]c3c(C(N)=O)nc(-c4cccc(=O)[nH]4)cc3c12. The molecule has 4 aromatic rings. The monoisotopic (exact) mass is 346 g/mol. The normalized spacial score (nSPS) is 11.1. The predicted molar refractivity (Wildman–Crippen MR) is 100 cm³/mol. The largest absolute Gasteiger partial charge is 0.398 e. The van der Waals surface area contributed by atoms with E-state index in [9.17, 15) is 9.59 Å². The molecule has 1 amide bonds. The predicted octanol–water partition coefficient (Wildman–Crippen LogP) is 1.75. The number of nitrogens with two attached hydrogens (primary N) is 2. The summed E-state index contributed by atoms with van der Waals surface area (Å²) in [5.74, 6) is -0.703. The fourth-order valence-corrected chi connectivity index (χ4v) is 3.10. The Labute approximate surface area is 146 Å². The van der Waals surface area contributed by atoms with Crippen LogP contribution in [-0.4, -0.2) is 27.1 Å². The van der Waals surface area contributed by atoms with Gasteiger partial charge in [-0.05, 0) is 24.3 Å². The summed E-state index contributed by atoms with van der Waals surface area (Å²) in [7, 11) is 0. The first-order chi connectivity index (χ1) is 12.5. The number of nitrogens with one attached hydrogen (secondary N) is 3. The van der Waals surface area contributed by atoms with Crippen molar-refractivity contribution in [1.29, 1.82) is 5.41 Å². The third-order valence-corrected chi connectivity index (χ3v) is 4.25. The zero-order valence-corrected chi connectivity index (χ0v) is 13.5. The van der Waals surface area contributed by atoms with Crippen LogP contribution >= 0.6 is 0 Å². The summed E-state index contributed by atoms with van der Waals surface area (Å²) in [6.07, 6.45) is 1.17. The van der Waals surface area contributed by atoms with Gasteiger partial charge in [0.1, 0.15) is 0 Å². The van der Waals surface area contributed by atoms with Gasteiger partial charge in [0, 0.05) is 39.8 Å². The molecule has 3 heterocycles. The van der Waals surface area contributed by atoms with E-state index in [4.69, 9.17) is 16.9 Å². The van der Waals surface area contributed by atoms with E-state index in [1.807, 2.05) is 0 Å². The van der Waals surface area contributed by atoms with Crippen LogP contribution in [0.15, 0.2) is 41.2 Å². The first kappa shape index (κ1) is 15.6. The van der Waals surface area contributed by atoms with Gasteiger partial charge in [0.15, 0.2) is 5.69 Å². The van der Waals surface area contributed by atoms with Crippen LogP contribution in [0.2, 0.25) is 0 Å². The van der Waals surface area contributed by atoms with Gasteiger partial charge in [-0.25, -0.2) is 4.98 Å². The van der Waals surface area contributed by atoms with Gasteiger partial charge in [-0.1, -0.05) is 6.07 Å². The number of pyridine rings is 2. The van der Waals surface area contributed by atoms with Crippen LogP contribution in [0.25, 0.3) is 33.2 Å². The third kappa shape index (κ3) is 2.24. The van der Waals surface area contributed by atoms with Gasteiger partial charge < -0.3 is 26.8 Å². The Bertz CT molecular complexity index is 1270. The molecule has 1 aromatic carbocycles. The summed E-state index contributed by atoms with van der Waals surface area (Å²) in [6, 6.07) is 9.85. The van der Waals surface area contributed by atoms with Crippen molar-refractivity contribution in [3.8, 4) is 11.4 Å². The highest BCUT2D eigenvalue weighted by Crippen LogP contribution is 2.33. The van der Waals surface area contributed by atoms with Gasteiger partial charge in [0.2, 0.25) is 5.56 Å². The average molecular weight is 346 g/mol. The molecule has 0 aliphatic heterocycles. The molecule has 8 heteroatoms. The highest BCUT2D eigenvalue weighted by atomic mass is 16.1. The van der Waals surface area contributed by atoms with E-state index in [2.05, 4.69) is 15.0 Å². The Hall–Kier alpha value is -3.94. The molecule has 7 N–H and O–H groups in total. The number of nitrogen functional groups attached to an aromatic ring is 1. The average Bonchev–Trinajstić information content (AvgIpc) is 2.99. The molecule has 3 aromatic heterocycles.